The lowest BCUT2D eigenvalue weighted by atomic mass is 9.92. The second kappa shape index (κ2) is 8.21. The lowest BCUT2D eigenvalue weighted by Gasteiger charge is -2.14. The summed E-state index contributed by atoms with van der Waals surface area (Å²) in [6, 6.07) is 11.3. The largest absolute Gasteiger partial charge is 0.507 e. The molecule has 0 aliphatic rings. The summed E-state index contributed by atoms with van der Waals surface area (Å²) in [4.78, 5) is 11.5. The van der Waals surface area contributed by atoms with Crippen LogP contribution in [-0.2, 0) is 4.79 Å². The number of nitrogens with two attached hydrogens (primary N) is 1. The van der Waals surface area contributed by atoms with Crippen LogP contribution in [0.2, 0.25) is 0 Å². The van der Waals surface area contributed by atoms with Crippen molar-refractivity contribution < 1.29 is 19.7 Å². The minimum absolute atomic E-state index is 0. The van der Waals surface area contributed by atoms with Gasteiger partial charge in [-0.1, -0.05) is 24.3 Å². The molecule has 0 radical (unpaired) electrons. The number of methoxy groups -OCH3 is 1. The van der Waals surface area contributed by atoms with Gasteiger partial charge in [-0.15, -0.1) is 12.4 Å². The van der Waals surface area contributed by atoms with E-state index in [1.807, 2.05) is 0 Å². The molecular weight excluding hydrogens is 344 g/mol. The van der Waals surface area contributed by atoms with E-state index in [9.17, 15) is 15.0 Å². The predicted molar refractivity (Wildman–Crippen MR) is 98.7 cm³/mol. The van der Waals surface area contributed by atoms with Crippen molar-refractivity contribution >= 4 is 29.8 Å². The molecule has 7 heteroatoms. The number of phenolic OH excluding ortho intramolecular Hbond substituents is 1. The van der Waals surface area contributed by atoms with Gasteiger partial charge in [0.1, 0.15) is 17.3 Å². The highest BCUT2D eigenvalue weighted by molar-refractivity contribution is 6.02. The van der Waals surface area contributed by atoms with E-state index in [0.29, 0.717) is 28.0 Å². The Labute approximate surface area is 151 Å². The van der Waals surface area contributed by atoms with Gasteiger partial charge in [-0.2, -0.15) is 0 Å². The summed E-state index contributed by atoms with van der Waals surface area (Å²) in [7, 11) is 1.48. The summed E-state index contributed by atoms with van der Waals surface area (Å²) in [5, 5.41) is 27.1. The van der Waals surface area contributed by atoms with Crippen molar-refractivity contribution in [2.75, 3.05) is 7.11 Å². The van der Waals surface area contributed by atoms with Crippen LogP contribution in [0.1, 0.15) is 23.6 Å². The van der Waals surface area contributed by atoms with Crippen molar-refractivity contribution in [3.63, 3.8) is 0 Å². The summed E-state index contributed by atoms with van der Waals surface area (Å²) in [6.07, 6.45) is 0. The normalized spacial score (nSPS) is 11.1. The number of benzene rings is 2. The topological polar surface area (TPSA) is 117 Å². The number of carboxylic acids is 1. The first-order valence-electron chi connectivity index (χ1n) is 7.11. The van der Waals surface area contributed by atoms with E-state index in [0.717, 1.165) is 0 Å². The second-order valence-corrected chi connectivity index (χ2v) is 5.18. The number of halogens is 1. The van der Waals surface area contributed by atoms with Gasteiger partial charge >= 0.3 is 5.97 Å². The van der Waals surface area contributed by atoms with Gasteiger partial charge in [0.15, 0.2) is 0 Å². The van der Waals surface area contributed by atoms with Crippen molar-refractivity contribution in [1.82, 2.24) is 0 Å². The van der Waals surface area contributed by atoms with Crippen LogP contribution in [0.25, 0.3) is 5.57 Å². The quantitative estimate of drug-likeness (QED) is 0.370. The number of carbonyl (C=O) groups is 1. The SMILES string of the molecule is COc1ccc(C(=C(C)C(=O)O)c2ccc(C(=N)N)cc2)c(O)c1.Cl. The van der Waals surface area contributed by atoms with E-state index in [4.69, 9.17) is 15.9 Å². The molecule has 2 aromatic carbocycles. The van der Waals surface area contributed by atoms with Crippen molar-refractivity contribution in [3.05, 3.63) is 64.7 Å². The van der Waals surface area contributed by atoms with Gasteiger partial charge in [0.25, 0.3) is 0 Å². The minimum atomic E-state index is -1.09. The summed E-state index contributed by atoms with van der Waals surface area (Å²) in [5.74, 6) is -0.777. The van der Waals surface area contributed by atoms with Crippen LogP contribution in [0.4, 0.5) is 0 Å². The van der Waals surface area contributed by atoms with Crippen LogP contribution < -0.4 is 10.5 Å². The van der Waals surface area contributed by atoms with E-state index in [-0.39, 0.29) is 29.6 Å². The Morgan fingerprint density at radius 3 is 2.12 bits per heavy atom. The average molecular weight is 363 g/mol. The zero-order chi connectivity index (χ0) is 17.9. The third kappa shape index (κ3) is 4.30. The molecule has 0 aliphatic carbocycles. The maximum atomic E-state index is 11.5. The van der Waals surface area contributed by atoms with Crippen molar-refractivity contribution in [3.8, 4) is 11.5 Å². The Bertz CT molecular complexity index is 829. The summed E-state index contributed by atoms with van der Waals surface area (Å²) >= 11 is 0. The standard InChI is InChI=1S/C18H18N2O4.ClH/c1-10(18(22)23)16(11-3-5-12(6-4-11)17(19)20)14-8-7-13(24-2)9-15(14)21;/h3-9,21H,1-2H3,(H3,19,20)(H,22,23);1H. The molecule has 6 nitrogen and oxygen atoms in total. The second-order valence-electron chi connectivity index (χ2n) is 5.18. The molecule has 132 valence electrons. The molecule has 0 unspecified atom stereocenters. The van der Waals surface area contributed by atoms with Crippen LogP contribution in [0, 0.1) is 5.41 Å². The molecule has 2 rings (SSSR count). The first kappa shape index (κ1) is 20.1. The number of nitrogen functional groups attached to an aromatic ring is 1. The van der Waals surface area contributed by atoms with Crippen LogP contribution in [0.15, 0.2) is 48.0 Å². The number of hydrogen-bond acceptors (Lipinski definition) is 4. The van der Waals surface area contributed by atoms with E-state index >= 15 is 0 Å². The van der Waals surface area contributed by atoms with E-state index in [1.165, 1.54) is 20.1 Å². The van der Waals surface area contributed by atoms with Crippen molar-refractivity contribution in [2.24, 2.45) is 5.73 Å². The molecule has 5 N–H and O–H groups in total. The summed E-state index contributed by atoms with van der Waals surface area (Å²) in [5.41, 5.74) is 7.42. The maximum absolute atomic E-state index is 11.5. The van der Waals surface area contributed by atoms with Crippen LogP contribution in [0.5, 0.6) is 11.5 Å². The van der Waals surface area contributed by atoms with Crippen LogP contribution in [-0.4, -0.2) is 29.1 Å². The molecule has 0 aliphatic heterocycles. The molecule has 25 heavy (non-hydrogen) atoms. The molecule has 0 saturated heterocycles. The molecule has 0 amide bonds. The number of hydrogen-bond donors (Lipinski definition) is 4. The number of carboxylic acid groups (broad SMARTS) is 1. The molecule has 0 fully saturated rings. The molecule has 0 saturated carbocycles. The lowest BCUT2D eigenvalue weighted by Crippen LogP contribution is -2.10. The van der Waals surface area contributed by atoms with E-state index in [2.05, 4.69) is 0 Å². The summed E-state index contributed by atoms with van der Waals surface area (Å²) in [6.45, 7) is 1.47. The number of amidine groups is 1. The molecule has 0 spiro atoms. The van der Waals surface area contributed by atoms with Gasteiger partial charge in [-0.3, -0.25) is 5.41 Å². The smallest absolute Gasteiger partial charge is 0.331 e. The molecule has 2 aromatic rings. The monoisotopic (exact) mass is 362 g/mol. The van der Waals surface area contributed by atoms with Gasteiger partial charge in [0, 0.05) is 28.3 Å². The number of aliphatic carboxylic acids is 1. The first-order valence-corrected chi connectivity index (χ1v) is 7.11. The van der Waals surface area contributed by atoms with Crippen molar-refractivity contribution in [2.45, 2.75) is 6.92 Å². The molecular formula is C18H19ClN2O4. The predicted octanol–water partition coefficient (Wildman–Crippen LogP) is 3.01. The third-order valence-corrected chi connectivity index (χ3v) is 3.65. The Hall–Kier alpha value is -2.99. The molecule has 0 heterocycles. The van der Waals surface area contributed by atoms with Crippen molar-refractivity contribution in [1.29, 1.82) is 5.41 Å². The highest BCUT2D eigenvalue weighted by atomic mass is 35.5. The summed E-state index contributed by atoms with van der Waals surface area (Å²) < 4.78 is 5.06. The number of nitrogens with one attached hydrogen (secondary N) is 1. The van der Waals surface area contributed by atoms with Crippen LogP contribution in [0.3, 0.4) is 0 Å². The van der Waals surface area contributed by atoms with E-state index < -0.39 is 5.97 Å². The zero-order valence-electron chi connectivity index (χ0n) is 13.7. The first-order chi connectivity index (χ1) is 11.3. The molecule has 0 bridgehead atoms. The number of ether oxygens (including phenoxy) is 1. The fraction of sp³-hybridized carbons (Fsp3) is 0.111. The van der Waals surface area contributed by atoms with E-state index in [1.54, 1.807) is 36.4 Å². The minimum Gasteiger partial charge on any atom is -0.507 e. The van der Waals surface area contributed by atoms with Gasteiger partial charge in [-0.05, 0) is 24.6 Å². The Kier molecular flexibility index (Phi) is 6.59. The zero-order valence-corrected chi connectivity index (χ0v) is 14.6. The number of aromatic hydroxyl groups is 1. The van der Waals surface area contributed by atoms with Gasteiger partial charge in [0.2, 0.25) is 0 Å². The Morgan fingerprint density at radius 2 is 1.68 bits per heavy atom. The Morgan fingerprint density at radius 1 is 1.12 bits per heavy atom. The Balaban J connectivity index is 0.00000312. The van der Waals surface area contributed by atoms with Gasteiger partial charge in [0.05, 0.1) is 7.11 Å². The molecule has 0 aromatic heterocycles. The maximum Gasteiger partial charge on any atom is 0.331 e. The highest BCUT2D eigenvalue weighted by Gasteiger charge is 2.17. The number of rotatable bonds is 5. The van der Waals surface area contributed by atoms with Crippen LogP contribution >= 0.6 is 12.4 Å². The fourth-order valence-corrected chi connectivity index (χ4v) is 2.35. The van der Waals surface area contributed by atoms with Gasteiger partial charge in [-0.25, -0.2) is 4.79 Å². The molecule has 0 atom stereocenters. The fourth-order valence-electron chi connectivity index (χ4n) is 2.35. The van der Waals surface area contributed by atoms with Gasteiger partial charge < -0.3 is 20.7 Å². The number of phenols is 1. The third-order valence-electron chi connectivity index (χ3n) is 3.65. The highest BCUT2D eigenvalue weighted by Crippen LogP contribution is 2.35. The average Bonchev–Trinajstić information content (AvgIpc) is 2.56. The lowest BCUT2D eigenvalue weighted by molar-refractivity contribution is -0.132.